The van der Waals surface area contributed by atoms with Gasteiger partial charge >= 0.3 is 0 Å². The van der Waals surface area contributed by atoms with Crippen LogP contribution in [-0.2, 0) is 6.54 Å². The van der Waals surface area contributed by atoms with Crippen molar-refractivity contribution in [2.45, 2.75) is 13.5 Å². The van der Waals surface area contributed by atoms with Gasteiger partial charge in [0.1, 0.15) is 11.5 Å². The van der Waals surface area contributed by atoms with E-state index in [1.165, 1.54) is 6.20 Å². The van der Waals surface area contributed by atoms with Gasteiger partial charge in [-0.05, 0) is 58.2 Å². The van der Waals surface area contributed by atoms with E-state index in [2.05, 4.69) is 41.5 Å². The molecule has 0 bridgehead atoms. The zero-order valence-corrected chi connectivity index (χ0v) is 15.1. The highest BCUT2D eigenvalue weighted by molar-refractivity contribution is 9.10. The van der Waals surface area contributed by atoms with Gasteiger partial charge in [-0.25, -0.2) is 9.97 Å². The molecule has 6 nitrogen and oxygen atoms in total. The minimum Gasteiger partial charge on any atom is -0.365 e. The normalized spacial score (nSPS) is 10.3. The first-order valence-electron chi connectivity index (χ1n) is 7.64. The second-order valence-corrected chi connectivity index (χ2v) is 6.29. The van der Waals surface area contributed by atoms with Crippen molar-refractivity contribution in [3.05, 3.63) is 76.4 Å². The van der Waals surface area contributed by atoms with Gasteiger partial charge in [0.25, 0.3) is 5.91 Å². The number of hydrogen-bond donors (Lipinski definition) is 2. The number of anilines is 2. The monoisotopic (exact) mass is 397 g/mol. The Morgan fingerprint density at radius 1 is 1.12 bits per heavy atom. The number of halogens is 1. The molecule has 0 aliphatic heterocycles. The zero-order valence-electron chi connectivity index (χ0n) is 13.5. The number of carbonyl (C=O) groups excluding carboxylic acids is 1. The van der Waals surface area contributed by atoms with E-state index in [4.69, 9.17) is 0 Å². The molecular weight excluding hydrogens is 382 g/mol. The summed E-state index contributed by atoms with van der Waals surface area (Å²) in [5, 5.41) is 5.97. The second-order valence-electron chi connectivity index (χ2n) is 5.43. The van der Waals surface area contributed by atoms with Crippen LogP contribution in [0.4, 0.5) is 11.5 Å². The van der Waals surface area contributed by atoms with Crippen LogP contribution in [0.2, 0.25) is 0 Å². The summed E-state index contributed by atoms with van der Waals surface area (Å²) in [5.74, 6) is 0.294. The lowest BCUT2D eigenvalue weighted by molar-refractivity contribution is 0.102. The average molecular weight is 398 g/mol. The van der Waals surface area contributed by atoms with E-state index in [9.17, 15) is 4.79 Å². The molecule has 1 aromatic carbocycles. The van der Waals surface area contributed by atoms with Crippen LogP contribution in [0.5, 0.6) is 0 Å². The molecule has 0 aliphatic carbocycles. The molecule has 7 heteroatoms. The predicted octanol–water partition coefficient (Wildman–Crippen LogP) is 3.81. The Labute approximate surface area is 153 Å². The quantitative estimate of drug-likeness (QED) is 0.684. The zero-order chi connectivity index (χ0) is 17.6. The first kappa shape index (κ1) is 17.0. The summed E-state index contributed by atoms with van der Waals surface area (Å²) in [5.41, 5.74) is 3.14. The summed E-state index contributed by atoms with van der Waals surface area (Å²) in [7, 11) is 0. The standard InChI is InChI=1S/C18H16BrN5O/c1-12-2-3-15(14(19)8-12)24-18(25)16-10-23-17(11-21-16)22-9-13-4-6-20-7-5-13/h2-8,10-11H,9H2,1H3,(H,22,23)(H,24,25). The number of aromatic nitrogens is 3. The smallest absolute Gasteiger partial charge is 0.275 e. The van der Waals surface area contributed by atoms with Crippen LogP contribution in [0.25, 0.3) is 0 Å². The van der Waals surface area contributed by atoms with Crippen LogP contribution >= 0.6 is 15.9 Å². The fourth-order valence-corrected chi connectivity index (χ4v) is 2.73. The highest BCUT2D eigenvalue weighted by Crippen LogP contribution is 2.23. The van der Waals surface area contributed by atoms with Gasteiger partial charge in [-0.2, -0.15) is 0 Å². The molecule has 0 atom stereocenters. The lowest BCUT2D eigenvalue weighted by atomic mass is 10.2. The Balaban J connectivity index is 1.62. The number of pyridine rings is 1. The Morgan fingerprint density at radius 3 is 2.60 bits per heavy atom. The summed E-state index contributed by atoms with van der Waals surface area (Å²) in [4.78, 5) is 24.7. The van der Waals surface area contributed by atoms with Gasteiger partial charge < -0.3 is 10.6 Å². The first-order valence-corrected chi connectivity index (χ1v) is 8.43. The molecule has 0 saturated carbocycles. The van der Waals surface area contributed by atoms with E-state index < -0.39 is 0 Å². The van der Waals surface area contributed by atoms with E-state index in [0.717, 1.165) is 15.6 Å². The third-order valence-corrected chi connectivity index (χ3v) is 4.14. The van der Waals surface area contributed by atoms with E-state index in [1.807, 2.05) is 37.3 Å². The fourth-order valence-electron chi connectivity index (χ4n) is 2.14. The maximum Gasteiger partial charge on any atom is 0.275 e. The molecule has 2 heterocycles. The number of aryl methyl sites for hydroxylation is 1. The van der Waals surface area contributed by atoms with Crippen molar-refractivity contribution in [2.24, 2.45) is 0 Å². The molecule has 0 saturated heterocycles. The molecule has 2 N–H and O–H groups in total. The van der Waals surface area contributed by atoms with Gasteiger partial charge in [0.15, 0.2) is 0 Å². The van der Waals surface area contributed by atoms with E-state index >= 15 is 0 Å². The molecule has 2 aromatic heterocycles. The lowest BCUT2D eigenvalue weighted by Gasteiger charge is -2.08. The minimum atomic E-state index is -0.308. The summed E-state index contributed by atoms with van der Waals surface area (Å²) in [6.07, 6.45) is 6.46. The lowest BCUT2D eigenvalue weighted by Crippen LogP contribution is -2.15. The first-order chi connectivity index (χ1) is 12.1. The van der Waals surface area contributed by atoms with Crippen molar-refractivity contribution < 1.29 is 4.79 Å². The van der Waals surface area contributed by atoms with Gasteiger partial charge in [0.05, 0.1) is 18.1 Å². The van der Waals surface area contributed by atoms with Crippen LogP contribution in [0.1, 0.15) is 21.6 Å². The Bertz CT molecular complexity index is 868. The summed E-state index contributed by atoms with van der Waals surface area (Å²) >= 11 is 3.44. The van der Waals surface area contributed by atoms with E-state index in [1.54, 1.807) is 18.6 Å². The average Bonchev–Trinajstić information content (AvgIpc) is 2.63. The van der Waals surface area contributed by atoms with Crippen molar-refractivity contribution in [1.82, 2.24) is 15.0 Å². The third kappa shape index (κ3) is 4.60. The number of carbonyl (C=O) groups is 1. The Morgan fingerprint density at radius 2 is 1.92 bits per heavy atom. The largest absolute Gasteiger partial charge is 0.365 e. The summed E-state index contributed by atoms with van der Waals surface area (Å²) in [6, 6.07) is 9.55. The van der Waals surface area contributed by atoms with Crippen molar-refractivity contribution in [1.29, 1.82) is 0 Å². The van der Waals surface area contributed by atoms with Crippen LogP contribution in [0.3, 0.4) is 0 Å². The van der Waals surface area contributed by atoms with Crippen molar-refractivity contribution in [3.63, 3.8) is 0 Å². The highest BCUT2D eigenvalue weighted by Gasteiger charge is 2.10. The van der Waals surface area contributed by atoms with Crippen LogP contribution < -0.4 is 10.6 Å². The van der Waals surface area contributed by atoms with E-state index in [0.29, 0.717) is 18.1 Å². The van der Waals surface area contributed by atoms with Crippen molar-refractivity contribution in [2.75, 3.05) is 10.6 Å². The van der Waals surface area contributed by atoms with Gasteiger partial charge in [-0.3, -0.25) is 9.78 Å². The molecule has 0 fully saturated rings. The second kappa shape index (κ2) is 7.85. The number of hydrogen-bond acceptors (Lipinski definition) is 5. The van der Waals surface area contributed by atoms with Gasteiger partial charge in [-0.1, -0.05) is 6.07 Å². The molecule has 0 radical (unpaired) electrons. The molecule has 25 heavy (non-hydrogen) atoms. The summed E-state index contributed by atoms with van der Waals surface area (Å²) < 4.78 is 0.824. The summed E-state index contributed by atoms with van der Waals surface area (Å²) in [6.45, 7) is 2.60. The topological polar surface area (TPSA) is 79.8 Å². The molecule has 1 amide bonds. The SMILES string of the molecule is Cc1ccc(NC(=O)c2cnc(NCc3ccncc3)cn2)c(Br)c1. The van der Waals surface area contributed by atoms with Crippen molar-refractivity contribution >= 4 is 33.3 Å². The maximum atomic E-state index is 12.3. The number of amides is 1. The van der Waals surface area contributed by atoms with Gasteiger partial charge in [0, 0.05) is 23.4 Å². The van der Waals surface area contributed by atoms with Crippen LogP contribution in [0.15, 0.2) is 59.6 Å². The molecule has 0 aliphatic rings. The highest BCUT2D eigenvalue weighted by atomic mass is 79.9. The van der Waals surface area contributed by atoms with Gasteiger partial charge in [0.2, 0.25) is 0 Å². The number of nitrogens with one attached hydrogen (secondary N) is 2. The molecular formula is C18H16BrN5O. The van der Waals surface area contributed by atoms with E-state index in [-0.39, 0.29) is 11.6 Å². The fraction of sp³-hybridized carbons (Fsp3) is 0.111. The third-order valence-electron chi connectivity index (χ3n) is 3.48. The van der Waals surface area contributed by atoms with Crippen LogP contribution in [0, 0.1) is 6.92 Å². The Kier molecular flexibility index (Phi) is 5.35. The van der Waals surface area contributed by atoms with Crippen molar-refractivity contribution in [3.8, 4) is 0 Å². The van der Waals surface area contributed by atoms with Crippen LogP contribution in [-0.4, -0.2) is 20.9 Å². The molecule has 3 aromatic rings. The van der Waals surface area contributed by atoms with Gasteiger partial charge in [-0.15, -0.1) is 0 Å². The molecule has 126 valence electrons. The number of rotatable bonds is 5. The number of nitrogens with zero attached hydrogens (tertiary/aromatic N) is 3. The molecule has 0 unspecified atom stereocenters. The molecule has 3 rings (SSSR count). The minimum absolute atomic E-state index is 0.252. The number of benzene rings is 1. The molecule has 0 spiro atoms. The maximum absolute atomic E-state index is 12.3. The predicted molar refractivity (Wildman–Crippen MR) is 100 cm³/mol. The Hall–Kier alpha value is -2.80.